The van der Waals surface area contributed by atoms with E-state index in [1.807, 2.05) is 31.2 Å². The third kappa shape index (κ3) is 4.00. The summed E-state index contributed by atoms with van der Waals surface area (Å²) < 4.78 is 6.57. The number of nitrogens with one attached hydrogen (secondary N) is 1. The number of rotatable bonds is 5. The van der Waals surface area contributed by atoms with Crippen molar-refractivity contribution < 1.29 is 4.74 Å². The van der Waals surface area contributed by atoms with Crippen molar-refractivity contribution in [2.45, 2.75) is 20.4 Å². The molecule has 0 spiro atoms. The van der Waals surface area contributed by atoms with E-state index in [2.05, 4.69) is 46.4 Å². The quantitative estimate of drug-likeness (QED) is 0.857. The summed E-state index contributed by atoms with van der Waals surface area (Å²) in [5.41, 5.74) is 3.60. The van der Waals surface area contributed by atoms with E-state index in [1.165, 1.54) is 11.1 Å². The first kappa shape index (κ1) is 13.9. The SMILES string of the molecule is CCOc1ccc(NCc2ccc(C)cc2Br)cc1. The molecule has 0 aliphatic carbocycles. The van der Waals surface area contributed by atoms with Gasteiger partial charge in [0, 0.05) is 16.7 Å². The average Bonchev–Trinajstić information content (AvgIpc) is 2.40. The zero-order valence-corrected chi connectivity index (χ0v) is 12.8. The van der Waals surface area contributed by atoms with E-state index < -0.39 is 0 Å². The van der Waals surface area contributed by atoms with Crippen LogP contribution in [0.1, 0.15) is 18.1 Å². The van der Waals surface area contributed by atoms with Crippen molar-refractivity contribution in [2.75, 3.05) is 11.9 Å². The van der Waals surface area contributed by atoms with Gasteiger partial charge in [-0.1, -0.05) is 28.1 Å². The van der Waals surface area contributed by atoms with Crippen LogP contribution in [0, 0.1) is 6.92 Å². The molecule has 0 heterocycles. The molecule has 0 amide bonds. The average molecular weight is 320 g/mol. The third-order valence-corrected chi connectivity index (χ3v) is 3.60. The number of halogens is 1. The van der Waals surface area contributed by atoms with E-state index in [0.29, 0.717) is 6.61 Å². The summed E-state index contributed by atoms with van der Waals surface area (Å²) in [6, 6.07) is 14.4. The normalized spacial score (nSPS) is 10.3. The minimum absolute atomic E-state index is 0.698. The van der Waals surface area contributed by atoms with E-state index in [-0.39, 0.29) is 0 Å². The molecule has 2 rings (SSSR count). The van der Waals surface area contributed by atoms with Gasteiger partial charge in [0.15, 0.2) is 0 Å². The first-order valence-electron chi connectivity index (χ1n) is 6.41. The summed E-state index contributed by atoms with van der Waals surface area (Å²) in [4.78, 5) is 0. The summed E-state index contributed by atoms with van der Waals surface area (Å²) in [5, 5.41) is 3.40. The van der Waals surface area contributed by atoms with Gasteiger partial charge in [0.2, 0.25) is 0 Å². The number of hydrogen-bond acceptors (Lipinski definition) is 2. The van der Waals surface area contributed by atoms with E-state index in [4.69, 9.17) is 4.74 Å². The van der Waals surface area contributed by atoms with Gasteiger partial charge in [-0.2, -0.15) is 0 Å². The minimum Gasteiger partial charge on any atom is -0.494 e. The topological polar surface area (TPSA) is 21.3 Å². The Bertz CT molecular complexity index is 537. The van der Waals surface area contributed by atoms with Gasteiger partial charge in [0.25, 0.3) is 0 Å². The molecule has 2 aromatic rings. The summed E-state index contributed by atoms with van der Waals surface area (Å²) in [7, 11) is 0. The summed E-state index contributed by atoms with van der Waals surface area (Å²) in [5.74, 6) is 0.907. The highest BCUT2D eigenvalue weighted by molar-refractivity contribution is 9.10. The molecule has 0 fully saturated rings. The first-order chi connectivity index (χ1) is 9.19. The lowest BCUT2D eigenvalue weighted by atomic mass is 10.1. The van der Waals surface area contributed by atoms with Crippen molar-refractivity contribution in [1.29, 1.82) is 0 Å². The van der Waals surface area contributed by atoms with Crippen molar-refractivity contribution in [3.63, 3.8) is 0 Å². The summed E-state index contributed by atoms with van der Waals surface area (Å²) in [6.45, 7) is 5.58. The van der Waals surface area contributed by atoms with Gasteiger partial charge < -0.3 is 10.1 Å². The Morgan fingerprint density at radius 1 is 1.11 bits per heavy atom. The van der Waals surface area contributed by atoms with Gasteiger partial charge in [0.05, 0.1) is 6.61 Å². The largest absolute Gasteiger partial charge is 0.494 e. The smallest absolute Gasteiger partial charge is 0.119 e. The third-order valence-electron chi connectivity index (χ3n) is 2.86. The van der Waals surface area contributed by atoms with Crippen LogP contribution in [0.15, 0.2) is 46.9 Å². The number of hydrogen-bond donors (Lipinski definition) is 1. The fourth-order valence-corrected chi connectivity index (χ4v) is 2.46. The van der Waals surface area contributed by atoms with Crippen LogP contribution >= 0.6 is 15.9 Å². The standard InChI is InChI=1S/C16H18BrNO/c1-3-19-15-8-6-14(7-9-15)18-11-13-5-4-12(2)10-16(13)17/h4-10,18H,3,11H2,1-2H3. The highest BCUT2D eigenvalue weighted by Crippen LogP contribution is 2.21. The van der Waals surface area contributed by atoms with Crippen LogP contribution in [0.25, 0.3) is 0 Å². The second kappa shape index (κ2) is 6.62. The molecule has 0 saturated carbocycles. The van der Waals surface area contributed by atoms with Gasteiger partial charge in [-0.25, -0.2) is 0 Å². The molecule has 3 heteroatoms. The molecule has 100 valence electrons. The van der Waals surface area contributed by atoms with Gasteiger partial charge >= 0.3 is 0 Å². The lowest BCUT2D eigenvalue weighted by Gasteiger charge is -2.10. The van der Waals surface area contributed by atoms with Crippen LogP contribution in [0.3, 0.4) is 0 Å². The molecule has 0 atom stereocenters. The monoisotopic (exact) mass is 319 g/mol. The van der Waals surface area contributed by atoms with E-state index >= 15 is 0 Å². The molecule has 1 N–H and O–H groups in total. The predicted molar refractivity (Wildman–Crippen MR) is 83.8 cm³/mol. The maximum Gasteiger partial charge on any atom is 0.119 e. The highest BCUT2D eigenvalue weighted by Gasteiger charge is 2.00. The molecule has 0 aliphatic heterocycles. The van der Waals surface area contributed by atoms with Crippen LogP contribution in [-0.4, -0.2) is 6.61 Å². The zero-order chi connectivity index (χ0) is 13.7. The Morgan fingerprint density at radius 3 is 2.47 bits per heavy atom. The van der Waals surface area contributed by atoms with E-state index in [1.54, 1.807) is 0 Å². The number of benzene rings is 2. The molecule has 19 heavy (non-hydrogen) atoms. The Hall–Kier alpha value is -1.48. The summed E-state index contributed by atoms with van der Waals surface area (Å²) in [6.07, 6.45) is 0. The molecular weight excluding hydrogens is 302 g/mol. The molecule has 0 radical (unpaired) electrons. The number of anilines is 1. The summed E-state index contributed by atoms with van der Waals surface area (Å²) >= 11 is 3.59. The van der Waals surface area contributed by atoms with Crippen molar-refractivity contribution >= 4 is 21.6 Å². The molecule has 0 aliphatic rings. The Labute approximate surface area is 122 Å². The number of aryl methyl sites for hydroxylation is 1. The van der Waals surface area contributed by atoms with Crippen LogP contribution < -0.4 is 10.1 Å². The molecular formula is C16H18BrNO. The van der Waals surface area contributed by atoms with E-state index in [0.717, 1.165) is 22.5 Å². The van der Waals surface area contributed by atoms with Gasteiger partial charge in [-0.15, -0.1) is 0 Å². The number of ether oxygens (including phenoxy) is 1. The van der Waals surface area contributed by atoms with Crippen LogP contribution in [0.5, 0.6) is 5.75 Å². The molecule has 0 unspecified atom stereocenters. The van der Waals surface area contributed by atoms with Gasteiger partial charge in [-0.05, 0) is 55.3 Å². The maximum atomic E-state index is 5.42. The molecule has 0 saturated heterocycles. The zero-order valence-electron chi connectivity index (χ0n) is 11.2. The Morgan fingerprint density at radius 2 is 1.84 bits per heavy atom. The maximum absolute atomic E-state index is 5.42. The van der Waals surface area contributed by atoms with Crippen molar-refractivity contribution in [3.8, 4) is 5.75 Å². The Balaban J connectivity index is 1.98. The predicted octanol–water partition coefficient (Wildman–Crippen LogP) is 4.77. The molecule has 2 nitrogen and oxygen atoms in total. The molecule has 0 bridgehead atoms. The van der Waals surface area contributed by atoms with Crippen LogP contribution in [0.4, 0.5) is 5.69 Å². The van der Waals surface area contributed by atoms with Crippen molar-refractivity contribution in [1.82, 2.24) is 0 Å². The molecule has 2 aromatic carbocycles. The van der Waals surface area contributed by atoms with Crippen molar-refractivity contribution in [3.05, 3.63) is 58.1 Å². The molecule has 0 aromatic heterocycles. The van der Waals surface area contributed by atoms with Crippen LogP contribution in [0.2, 0.25) is 0 Å². The fourth-order valence-electron chi connectivity index (χ4n) is 1.83. The second-order valence-corrected chi connectivity index (χ2v) is 5.26. The first-order valence-corrected chi connectivity index (χ1v) is 7.20. The fraction of sp³-hybridized carbons (Fsp3) is 0.250. The second-order valence-electron chi connectivity index (χ2n) is 4.41. The lowest BCUT2D eigenvalue weighted by Crippen LogP contribution is -2.00. The highest BCUT2D eigenvalue weighted by atomic mass is 79.9. The van der Waals surface area contributed by atoms with Crippen LogP contribution in [-0.2, 0) is 6.54 Å². The lowest BCUT2D eigenvalue weighted by molar-refractivity contribution is 0.340. The van der Waals surface area contributed by atoms with Gasteiger partial charge in [-0.3, -0.25) is 0 Å². The van der Waals surface area contributed by atoms with Gasteiger partial charge in [0.1, 0.15) is 5.75 Å². The van der Waals surface area contributed by atoms with E-state index in [9.17, 15) is 0 Å². The minimum atomic E-state index is 0.698. The Kier molecular flexibility index (Phi) is 4.86. The van der Waals surface area contributed by atoms with Crippen molar-refractivity contribution in [2.24, 2.45) is 0 Å².